The van der Waals surface area contributed by atoms with Gasteiger partial charge >= 0.3 is 6.09 Å². The van der Waals surface area contributed by atoms with Gasteiger partial charge < -0.3 is 15.0 Å². The van der Waals surface area contributed by atoms with Crippen molar-refractivity contribution in [2.24, 2.45) is 0 Å². The zero-order chi connectivity index (χ0) is 15.6. The van der Waals surface area contributed by atoms with Gasteiger partial charge in [-0.1, -0.05) is 6.07 Å². The molecule has 112 valence electrons. The van der Waals surface area contributed by atoms with Crippen LogP contribution in [0.4, 0.5) is 14.9 Å². The summed E-state index contributed by atoms with van der Waals surface area (Å²) in [6.45, 7) is 6.37. The van der Waals surface area contributed by atoms with E-state index < -0.39 is 11.4 Å². The summed E-state index contributed by atoms with van der Waals surface area (Å²) in [5, 5.41) is 12.0. The smallest absolute Gasteiger partial charge is 0.410 e. The first-order valence-electron chi connectivity index (χ1n) is 6.73. The minimum atomic E-state index is -0.550. The number of ether oxygens (including phenoxy) is 1. The Balaban J connectivity index is 1.91. The molecule has 1 N–H and O–H groups in total. The van der Waals surface area contributed by atoms with Crippen molar-refractivity contribution in [2.75, 3.05) is 18.4 Å². The molecule has 1 amide bonds. The summed E-state index contributed by atoms with van der Waals surface area (Å²) in [7, 11) is 0. The normalized spacial score (nSPS) is 15.1. The first-order chi connectivity index (χ1) is 9.80. The highest BCUT2D eigenvalue weighted by Crippen LogP contribution is 2.22. The van der Waals surface area contributed by atoms with Gasteiger partial charge in [0.15, 0.2) is 0 Å². The number of anilines is 1. The van der Waals surface area contributed by atoms with E-state index in [0.29, 0.717) is 18.8 Å². The van der Waals surface area contributed by atoms with Gasteiger partial charge in [0, 0.05) is 13.1 Å². The lowest BCUT2D eigenvalue weighted by Crippen LogP contribution is -2.58. The van der Waals surface area contributed by atoms with Crippen molar-refractivity contribution in [3.63, 3.8) is 0 Å². The molecule has 1 fully saturated rings. The molecule has 0 aromatic heterocycles. The second-order valence-corrected chi connectivity index (χ2v) is 6.00. The van der Waals surface area contributed by atoms with Gasteiger partial charge in [0.2, 0.25) is 0 Å². The van der Waals surface area contributed by atoms with E-state index in [1.807, 2.05) is 26.8 Å². The van der Waals surface area contributed by atoms with Gasteiger partial charge in [-0.3, -0.25) is 0 Å². The van der Waals surface area contributed by atoms with E-state index in [0.717, 1.165) is 0 Å². The molecule has 1 saturated heterocycles. The number of halogens is 1. The fraction of sp³-hybridized carbons (Fsp3) is 0.467. The zero-order valence-corrected chi connectivity index (χ0v) is 12.3. The van der Waals surface area contributed by atoms with Crippen LogP contribution in [-0.4, -0.2) is 35.7 Å². The van der Waals surface area contributed by atoms with Gasteiger partial charge in [-0.2, -0.15) is 5.26 Å². The van der Waals surface area contributed by atoms with Gasteiger partial charge in [0.1, 0.15) is 23.1 Å². The molecule has 1 heterocycles. The Morgan fingerprint density at radius 3 is 2.71 bits per heavy atom. The van der Waals surface area contributed by atoms with Crippen LogP contribution in [0.2, 0.25) is 0 Å². The van der Waals surface area contributed by atoms with E-state index in [1.165, 1.54) is 6.07 Å². The van der Waals surface area contributed by atoms with Gasteiger partial charge in [0.05, 0.1) is 11.7 Å². The summed E-state index contributed by atoms with van der Waals surface area (Å²) in [6.07, 6.45) is -0.361. The van der Waals surface area contributed by atoms with E-state index in [4.69, 9.17) is 10.00 Å². The molecule has 1 aliphatic heterocycles. The molecule has 2 rings (SSSR count). The van der Waals surface area contributed by atoms with Crippen LogP contribution in [0.25, 0.3) is 0 Å². The van der Waals surface area contributed by atoms with Crippen molar-refractivity contribution >= 4 is 11.8 Å². The largest absolute Gasteiger partial charge is 0.444 e. The number of carbonyl (C=O) groups excluding carboxylic acids is 1. The maximum Gasteiger partial charge on any atom is 0.410 e. The van der Waals surface area contributed by atoms with Crippen LogP contribution < -0.4 is 5.32 Å². The molecule has 1 aliphatic rings. The van der Waals surface area contributed by atoms with Crippen LogP contribution >= 0.6 is 0 Å². The van der Waals surface area contributed by atoms with Crippen LogP contribution in [0, 0.1) is 17.1 Å². The number of likely N-dealkylation sites (tertiary alicyclic amines) is 1. The average molecular weight is 291 g/mol. The fourth-order valence-electron chi connectivity index (χ4n) is 2.02. The number of nitrogens with zero attached hydrogens (tertiary/aromatic N) is 2. The van der Waals surface area contributed by atoms with Crippen LogP contribution in [0.15, 0.2) is 18.2 Å². The number of hydrogen-bond acceptors (Lipinski definition) is 4. The highest BCUT2D eigenvalue weighted by Gasteiger charge is 2.34. The molecule has 1 aromatic carbocycles. The molecular weight excluding hydrogens is 273 g/mol. The summed E-state index contributed by atoms with van der Waals surface area (Å²) < 4.78 is 18.7. The predicted octanol–water partition coefficient (Wildman–Crippen LogP) is 2.73. The number of nitrogens with one attached hydrogen (secondary N) is 1. The highest BCUT2D eigenvalue weighted by molar-refractivity contribution is 5.70. The Morgan fingerprint density at radius 1 is 1.48 bits per heavy atom. The maximum atomic E-state index is 13.5. The van der Waals surface area contributed by atoms with Crippen molar-refractivity contribution < 1.29 is 13.9 Å². The Labute approximate surface area is 123 Å². The summed E-state index contributed by atoms with van der Waals surface area (Å²) >= 11 is 0. The summed E-state index contributed by atoms with van der Waals surface area (Å²) in [6, 6.07) is 6.27. The Morgan fingerprint density at radius 2 is 2.14 bits per heavy atom. The fourth-order valence-corrected chi connectivity index (χ4v) is 2.02. The van der Waals surface area contributed by atoms with Gasteiger partial charge in [-0.05, 0) is 32.9 Å². The molecule has 0 bridgehead atoms. The van der Waals surface area contributed by atoms with Gasteiger partial charge in [-0.15, -0.1) is 0 Å². The van der Waals surface area contributed by atoms with E-state index in [-0.39, 0.29) is 17.7 Å². The molecule has 1 aromatic rings. The third-order valence-corrected chi connectivity index (χ3v) is 3.02. The lowest BCUT2D eigenvalue weighted by molar-refractivity contribution is 0.0105. The molecule has 0 radical (unpaired) electrons. The van der Waals surface area contributed by atoms with Crippen LogP contribution in [-0.2, 0) is 4.74 Å². The third-order valence-electron chi connectivity index (χ3n) is 3.02. The summed E-state index contributed by atoms with van der Waals surface area (Å²) in [5.41, 5.74) is -0.0777. The van der Waals surface area contributed by atoms with Crippen LogP contribution in [0.3, 0.4) is 0 Å². The maximum absolute atomic E-state index is 13.5. The highest BCUT2D eigenvalue weighted by atomic mass is 19.1. The number of nitriles is 1. The standard InChI is InChI=1S/C15H18FN3O2/c1-15(2,3)21-14(20)19-8-10(9-19)18-13-6-4-5-12(16)11(13)7-17/h4-6,10,18H,8-9H2,1-3H3. The number of benzene rings is 1. The van der Waals surface area contributed by atoms with Crippen molar-refractivity contribution in [3.8, 4) is 6.07 Å². The molecule has 21 heavy (non-hydrogen) atoms. The van der Waals surface area contributed by atoms with E-state index >= 15 is 0 Å². The number of hydrogen-bond donors (Lipinski definition) is 1. The molecule has 0 spiro atoms. The molecule has 0 unspecified atom stereocenters. The Bertz CT molecular complexity index is 584. The molecular formula is C15H18FN3O2. The second kappa shape index (κ2) is 5.60. The number of amides is 1. The lowest BCUT2D eigenvalue weighted by Gasteiger charge is -2.40. The first kappa shape index (κ1) is 15.1. The SMILES string of the molecule is CC(C)(C)OC(=O)N1CC(Nc2cccc(F)c2C#N)C1. The Hall–Kier alpha value is -2.29. The molecule has 0 atom stereocenters. The first-order valence-corrected chi connectivity index (χ1v) is 6.73. The van der Waals surface area contributed by atoms with Crippen molar-refractivity contribution in [1.82, 2.24) is 4.90 Å². The Kier molecular flexibility index (Phi) is 4.03. The summed E-state index contributed by atoms with van der Waals surface area (Å²) in [5.74, 6) is -0.550. The van der Waals surface area contributed by atoms with E-state index in [9.17, 15) is 9.18 Å². The number of rotatable bonds is 2. The van der Waals surface area contributed by atoms with Crippen molar-refractivity contribution in [3.05, 3.63) is 29.6 Å². The molecule has 5 nitrogen and oxygen atoms in total. The topological polar surface area (TPSA) is 65.4 Å². The monoisotopic (exact) mass is 291 g/mol. The van der Waals surface area contributed by atoms with Crippen molar-refractivity contribution in [1.29, 1.82) is 5.26 Å². The van der Waals surface area contributed by atoms with E-state index in [2.05, 4.69) is 5.32 Å². The molecule has 0 saturated carbocycles. The average Bonchev–Trinajstić information content (AvgIpc) is 2.30. The predicted molar refractivity (Wildman–Crippen MR) is 76.3 cm³/mol. The van der Waals surface area contributed by atoms with Gasteiger partial charge in [-0.25, -0.2) is 9.18 Å². The second-order valence-electron chi connectivity index (χ2n) is 6.00. The molecule has 0 aliphatic carbocycles. The van der Waals surface area contributed by atoms with Crippen molar-refractivity contribution in [2.45, 2.75) is 32.4 Å². The number of carbonyl (C=O) groups is 1. The minimum absolute atomic E-state index is 0.00628. The third kappa shape index (κ3) is 3.63. The van der Waals surface area contributed by atoms with E-state index in [1.54, 1.807) is 17.0 Å². The quantitative estimate of drug-likeness (QED) is 0.910. The minimum Gasteiger partial charge on any atom is -0.444 e. The zero-order valence-electron chi connectivity index (χ0n) is 12.3. The summed E-state index contributed by atoms with van der Waals surface area (Å²) in [4.78, 5) is 13.3. The lowest BCUT2D eigenvalue weighted by atomic mass is 10.1. The van der Waals surface area contributed by atoms with Crippen LogP contribution in [0.1, 0.15) is 26.3 Å². The molecule has 6 heteroatoms. The van der Waals surface area contributed by atoms with Crippen LogP contribution in [0.5, 0.6) is 0 Å². The van der Waals surface area contributed by atoms with Gasteiger partial charge in [0.25, 0.3) is 0 Å².